The Morgan fingerprint density at radius 1 is 1.30 bits per heavy atom. The number of piperidine rings is 2. The number of hydrogen-bond donors (Lipinski definition) is 2. The third kappa shape index (κ3) is 4.17. The number of aliphatic hydroxyl groups excluding tert-OH is 1. The van der Waals surface area contributed by atoms with E-state index in [-0.39, 0.29) is 6.61 Å². The Morgan fingerprint density at radius 3 is 2.90 bits per heavy atom. The monoisotopic (exact) mass is 283 g/mol. The van der Waals surface area contributed by atoms with Crippen LogP contribution >= 0.6 is 0 Å². The second-order valence-corrected chi connectivity index (χ2v) is 6.60. The molecule has 0 spiro atoms. The van der Waals surface area contributed by atoms with Gasteiger partial charge in [0.05, 0.1) is 6.61 Å². The van der Waals surface area contributed by atoms with Crippen LogP contribution in [0.25, 0.3) is 0 Å². The minimum atomic E-state index is 0.271. The van der Waals surface area contributed by atoms with Crippen molar-refractivity contribution in [2.75, 3.05) is 46.4 Å². The van der Waals surface area contributed by atoms with Crippen LogP contribution < -0.4 is 5.32 Å². The van der Waals surface area contributed by atoms with Crippen molar-refractivity contribution in [1.29, 1.82) is 0 Å². The molecule has 2 N–H and O–H groups in total. The van der Waals surface area contributed by atoms with Gasteiger partial charge in [-0.25, -0.2) is 0 Å². The molecule has 3 unspecified atom stereocenters. The summed E-state index contributed by atoms with van der Waals surface area (Å²) >= 11 is 0. The van der Waals surface area contributed by atoms with Crippen LogP contribution in [0.5, 0.6) is 0 Å². The van der Waals surface area contributed by atoms with Crippen LogP contribution in [0.4, 0.5) is 0 Å². The molecule has 0 aromatic rings. The Labute approximate surface area is 124 Å². The quantitative estimate of drug-likeness (QED) is 0.767. The molecule has 0 bridgehead atoms. The van der Waals surface area contributed by atoms with E-state index in [2.05, 4.69) is 29.1 Å². The van der Waals surface area contributed by atoms with Gasteiger partial charge in [-0.1, -0.05) is 13.3 Å². The highest BCUT2D eigenvalue weighted by atomic mass is 16.3. The van der Waals surface area contributed by atoms with E-state index < -0.39 is 0 Å². The maximum Gasteiger partial charge on any atom is 0.0558 e. The first-order valence-corrected chi connectivity index (χ1v) is 8.52. The first-order chi connectivity index (χ1) is 9.76. The largest absolute Gasteiger partial charge is 0.395 e. The van der Waals surface area contributed by atoms with Crippen LogP contribution in [0.2, 0.25) is 0 Å². The minimum Gasteiger partial charge on any atom is -0.395 e. The van der Waals surface area contributed by atoms with Gasteiger partial charge in [-0.05, 0) is 51.7 Å². The average molecular weight is 283 g/mol. The molecule has 0 aliphatic carbocycles. The lowest BCUT2D eigenvalue weighted by atomic mass is 9.87. The molecule has 2 heterocycles. The number of likely N-dealkylation sites (N-methyl/N-ethyl adjacent to an activating group) is 1. The van der Waals surface area contributed by atoms with Gasteiger partial charge >= 0.3 is 0 Å². The van der Waals surface area contributed by atoms with Gasteiger partial charge in [-0.2, -0.15) is 0 Å². The summed E-state index contributed by atoms with van der Waals surface area (Å²) < 4.78 is 0. The fourth-order valence-electron chi connectivity index (χ4n) is 4.06. The summed E-state index contributed by atoms with van der Waals surface area (Å²) in [6.07, 6.45) is 6.71. The third-order valence-electron chi connectivity index (χ3n) is 5.19. The van der Waals surface area contributed by atoms with Crippen LogP contribution in [0.3, 0.4) is 0 Å². The molecular weight excluding hydrogens is 250 g/mol. The summed E-state index contributed by atoms with van der Waals surface area (Å²) in [5.41, 5.74) is 0. The molecule has 118 valence electrons. The zero-order valence-corrected chi connectivity index (χ0v) is 13.4. The smallest absolute Gasteiger partial charge is 0.0558 e. The molecule has 0 aromatic heterocycles. The van der Waals surface area contributed by atoms with E-state index in [1.807, 2.05) is 0 Å². The fraction of sp³-hybridized carbons (Fsp3) is 1.00. The van der Waals surface area contributed by atoms with Crippen LogP contribution in [0.15, 0.2) is 0 Å². The van der Waals surface area contributed by atoms with Crippen LogP contribution in [0.1, 0.15) is 39.0 Å². The molecule has 3 atom stereocenters. The van der Waals surface area contributed by atoms with Crippen molar-refractivity contribution in [2.24, 2.45) is 5.92 Å². The predicted molar refractivity (Wildman–Crippen MR) is 84.0 cm³/mol. The van der Waals surface area contributed by atoms with Crippen molar-refractivity contribution in [3.05, 3.63) is 0 Å². The van der Waals surface area contributed by atoms with Crippen molar-refractivity contribution in [3.63, 3.8) is 0 Å². The number of hydrogen-bond acceptors (Lipinski definition) is 4. The van der Waals surface area contributed by atoms with E-state index in [9.17, 15) is 0 Å². The maximum atomic E-state index is 9.10. The summed E-state index contributed by atoms with van der Waals surface area (Å²) in [4.78, 5) is 5.10. The maximum absolute atomic E-state index is 9.10. The zero-order valence-electron chi connectivity index (χ0n) is 13.4. The lowest BCUT2D eigenvalue weighted by Gasteiger charge is -2.47. The molecule has 2 fully saturated rings. The van der Waals surface area contributed by atoms with Gasteiger partial charge in [-0.3, -0.25) is 4.90 Å². The molecule has 2 rings (SSSR count). The SMILES string of the molecule is CCC1CCCCN1C1CNCCC1CN(C)CCO. The Balaban J connectivity index is 1.97. The van der Waals surface area contributed by atoms with E-state index >= 15 is 0 Å². The van der Waals surface area contributed by atoms with Gasteiger partial charge in [0.2, 0.25) is 0 Å². The zero-order chi connectivity index (χ0) is 14.4. The average Bonchev–Trinajstić information content (AvgIpc) is 2.48. The highest BCUT2D eigenvalue weighted by Crippen LogP contribution is 2.28. The first kappa shape index (κ1) is 16.2. The number of nitrogens with one attached hydrogen (secondary N) is 1. The Hall–Kier alpha value is -0.160. The van der Waals surface area contributed by atoms with Gasteiger partial charge in [0.1, 0.15) is 0 Å². The Kier molecular flexibility index (Phi) is 6.75. The van der Waals surface area contributed by atoms with Gasteiger partial charge in [0, 0.05) is 31.7 Å². The third-order valence-corrected chi connectivity index (χ3v) is 5.19. The van der Waals surface area contributed by atoms with Gasteiger partial charge in [-0.15, -0.1) is 0 Å². The van der Waals surface area contributed by atoms with Crippen LogP contribution in [0, 0.1) is 5.92 Å². The standard InChI is InChI=1S/C16H33N3O/c1-3-15-6-4-5-9-19(15)16-12-17-8-7-14(16)13-18(2)10-11-20/h14-17,20H,3-13H2,1-2H3. The highest BCUT2D eigenvalue weighted by molar-refractivity contribution is 4.91. The van der Waals surface area contributed by atoms with Crippen molar-refractivity contribution in [3.8, 4) is 0 Å². The van der Waals surface area contributed by atoms with Gasteiger partial charge < -0.3 is 15.3 Å². The first-order valence-electron chi connectivity index (χ1n) is 8.52. The van der Waals surface area contributed by atoms with Crippen molar-refractivity contribution >= 4 is 0 Å². The molecule has 4 nitrogen and oxygen atoms in total. The number of nitrogens with zero attached hydrogens (tertiary/aromatic N) is 2. The van der Waals surface area contributed by atoms with Gasteiger partial charge in [0.15, 0.2) is 0 Å². The Morgan fingerprint density at radius 2 is 2.15 bits per heavy atom. The topological polar surface area (TPSA) is 38.7 Å². The second kappa shape index (κ2) is 8.32. The summed E-state index contributed by atoms with van der Waals surface area (Å²) in [5.74, 6) is 0.750. The Bertz CT molecular complexity index is 274. The van der Waals surface area contributed by atoms with Gasteiger partial charge in [0.25, 0.3) is 0 Å². The van der Waals surface area contributed by atoms with Crippen molar-refractivity contribution in [2.45, 2.75) is 51.1 Å². The van der Waals surface area contributed by atoms with E-state index in [1.165, 1.54) is 38.6 Å². The predicted octanol–water partition coefficient (Wildman–Crippen LogP) is 1.15. The molecule has 20 heavy (non-hydrogen) atoms. The summed E-state index contributed by atoms with van der Waals surface area (Å²) in [5, 5.41) is 12.7. The van der Waals surface area contributed by atoms with E-state index in [4.69, 9.17) is 5.11 Å². The molecule has 4 heteroatoms. The number of rotatable bonds is 6. The summed E-state index contributed by atoms with van der Waals surface area (Å²) in [7, 11) is 2.14. The molecule has 2 aliphatic heterocycles. The molecule has 0 radical (unpaired) electrons. The van der Waals surface area contributed by atoms with Crippen molar-refractivity contribution in [1.82, 2.24) is 15.1 Å². The second-order valence-electron chi connectivity index (χ2n) is 6.60. The molecule has 0 saturated carbocycles. The molecule has 0 aromatic carbocycles. The normalized spacial score (nSPS) is 32.7. The van der Waals surface area contributed by atoms with E-state index in [0.29, 0.717) is 6.04 Å². The number of aliphatic hydroxyl groups is 1. The van der Waals surface area contributed by atoms with Crippen LogP contribution in [-0.4, -0.2) is 73.4 Å². The van der Waals surface area contributed by atoms with E-state index in [0.717, 1.165) is 38.1 Å². The highest BCUT2D eigenvalue weighted by Gasteiger charge is 2.34. The van der Waals surface area contributed by atoms with Crippen LogP contribution in [-0.2, 0) is 0 Å². The van der Waals surface area contributed by atoms with Crippen molar-refractivity contribution < 1.29 is 5.11 Å². The molecule has 2 saturated heterocycles. The fourth-order valence-corrected chi connectivity index (χ4v) is 4.06. The summed E-state index contributed by atoms with van der Waals surface area (Å²) in [6, 6.07) is 1.48. The minimum absolute atomic E-state index is 0.271. The van der Waals surface area contributed by atoms with E-state index in [1.54, 1.807) is 0 Å². The molecule has 0 amide bonds. The summed E-state index contributed by atoms with van der Waals surface area (Å²) in [6.45, 7) is 8.12. The lowest BCUT2D eigenvalue weighted by molar-refractivity contribution is 0.0324. The lowest BCUT2D eigenvalue weighted by Crippen LogP contribution is -2.57. The number of likely N-dealkylation sites (tertiary alicyclic amines) is 1. The molecular formula is C16H33N3O. The molecule has 2 aliphatic rings.